The third-order valence-electron chi connectivity index (χ3n) is 5.09. The summed E-state index contributed by atoms with van der Waals surface area (Å²) in [5.74, 6) is 0.326. The van der Waals surface area contributed by atoms with Gasteiger partial charge in [0, 0.05) is 38.6 Å². The lowest BCUT2D eigenvalue weighted by molar-refractivity contribution is -0.135. The minimum atomic E-state index is -0.0967. The van der Waals surface area contributed by atoms with Gasteiger partial charge in [-0.1, -0.05) is 43.7 Å². The first kappa shape index (κ1) is 14.6. The average Bonchev–Trinajstić information content (AvgIpc) is 2.80. The molecule has 3 nitrogen and oxygen atoms in total. The number of rotatable bonds is 3. The number of piperazine rings is 1. The van der Waals surface area contributed by atoms with Crippen molar-refractivity contribution in [1.82, 2.24) is 9.80 Å². The maximum absolute atomic E-state index is 12.7. The number of carbonyl (C=O) groups is 1. The molecule has 1 aromatic rings. The molecular formula is C18H26N2O. The van der Waals surface area contributed by atoms with E-state index in [1.165, 1.54) is 11.1 Å². The number of aryl methyl sites for hydroxylation is 1. The SMILES string of the molecule is Cc1ccc(C(C)(C)CC(=O)N2CCN3CCC2C3)cc1. The highest BCUT2D eigenvalue weighted by molar-refractivity contribution is 5.78. The number of amides is 1. The highest BCUT2D eigenvalue weighted by Crippen LogP contribution is 2.30. The van der Waals surface area contributed by atoms with Crippen molar-refractivity contribution >= 4 is 5.91 Å². The maximum Gasteiger partial charge on any atom is 0.223 e. The van der Waals surface area contributed by atoms with Gasteiger partial charge in [-0.25, -0.2) is 0 Å². The van der Waals surface area contributed by atoms with Crippen molar-refractivity contribution < 1.29 is 4.79 Å². The van der Waals surface area contributed by atoms with Crippen molar-refractivity contribution in [2.24, 2.45) is 0 Å². The lowest BCUT2D eigenvalue weighted by Crippen LogP contribution is -2.50. The Kier molecular flexibility index (Phi) is 3.78. The first-order valence-electron chi connectivity index (χ1n) is 8.05. The molecule has 2 bridgehead atoms. The van der Waals surface area contributed by atoms with Gasteiger partial charge in [0.2, 0.25) is 5.91 Å². The van der Waals surface area contributed by atoms with E-state index in [4.69, 9.17) is 0 Å². The van der Waals surface area contributed by atoms with Crippen LogP contribution in [0.5, 0.6) is 0 Å². The Balaban J connectivity index is 1.69. The van der Waals surface area contributed by atoms with E-state index in [2.05, 4.69) is 54.8 Å². The molecule has 0 radical (unpaired) electrons. The van der Waals surface area contributed by atoms with Crippen molar-refractivity contribution in [3.8, 4) is 0 Å². The second kappa shape index (κ2) is 5.45. The van der Waals surface area contributed by atoms with Crippen LogP contribution in [0.25, 0.3) is 0 Å². The quantitative estimate of drug-likeness (QED) is 0.852. The molecule has 2 aliphatic rings. The lowest BCUT2D eigenvalue weighted by atomic mass is 9.80. The van der Waals surface area contributed by atoms with Crippen molar-refractivity contribution in [3.05, 3.63) is 35.4 Å². The molecule has 2 atom stereocenters. The van der Waals surface area contributed by atoms with E-state index in [9.17, 15) is 4.79 Å². The summed E-state index contributed by atoms with van der Waals surface area (Å²) in [4.78, 5) is 17.4. The van der Waals surface area contributed by atoms with Gasteiger partial charge in [-0.05, 0) is 24.3 Å². The summed E-state index contributed by atoms with van der Waals surface area (Å²) >= 11 is 0. The minimum Gasteiger partial charge on any atom is -0.337 e. The van der Waals surface area contributed by atoms with Crippen LogP contribution in [0, 0.1) is 6.92 Å². The van der Waals surface area contributed by atoms with Gasteiger partial charge in [0.05, 0.1) is 0 Å². The molecule has 2 unspecified atom stereocenters. The fraction of sp³-hybridized carbons (Fsp3) is 0.611. The van der Waals surface area contributed by atoms with E-state index < -0.39 is 0 Å². The zero-order valence-corrected chi connectivity index (χ0v) is 13.4. The summed E-state index contributed by atoms with van der Waals surface area (Å²) in [6, 6.07) is 9.06. The van der Waals surface area contributed by atoms with E-state index in [1.807, 2.05) is 0 Å². The second-order valence-corrected chi connectivity index (χ2v) is 7.26. The monoisotopic (exact) mass is 286 g/mol. The first-order chi connectivity index (χ1) is 9.95. The average molecular weight is 286 g/mol. The number of hydrogen-bond donors (Lipinski definition) is 0. The molecule has 2 saturated heterocycles. The Labute approximate surface area is 127 Å². The Morgan fingerprint density at radius 2 is 1.90 bits per heavy atom. The van der Waals surface area contributed by atoms with Gasteiger partial charge in [0.15, 0.2) is 0 Å². The highest BCUT2D eigenvalue weighted by atomic mass is 16.2. The molecule has 2 heterocycles. The zero-order valence-electron chi connectivity index (χ0n) is 13.4. The van der Waals surface area contributed by atoms with Crippen molar-refractivity contribution in [3.63, 3.8) is 0 Å². The van der Waals surface area contributed by atoms with E-state index in [1.54, 1.807) is 0 Å². The van der Waals surface area contributed by atoms with Crippen LogP contribution in [-0.2, 0) is 10.2 Å². The Morgan fingerprint density at radius 3 is 2.62 bits per heavy atom. The normalized spacial score (nSPS) is 25.2. The predicted molar refractivity (Wildman–Crippen MR) is 85.4 cm³/mol. The van der Waals surface area contributed by atoms with Gasteiger partial charge < -0.3 is 4.90 Å². The summed E-state index contributed by atoms with van der Waals surface area (Å²) in [6.07, 6.45) is 1.75. The summed E-state index contributed by atoms with van der Waals surface area (Å²) in [7, 11) is 0. The maximum atomic E-state index is 12.7. The van der Waals surface area contributed by atoms with Crippen LogP contribution in [-0.4, -0.2) is 47.9 Å². The second-order valence-electron chi connectivity index (χ2n) is 7.26. The van der Waals surface area contributed by atoms with Crippen LogP contribution in [0.3, 0.4) is 0 Å². The summed E-state index contributed by atoms with van der Waals surface area (Å²) in [5, 5.41) is 0. The fourth-order valence-corrected chi connectivity index (χ4v) is 3.62. The zero-order chi connectivity index (χ0) is 15.0. The van der Waals surface area contributed by atoms with Crippen LogP contribution >= 0.6 is 0 Å². The van der Waals surface area contributed by atoms with Crippen LogP contribution in [0.4, 0.5) is 0 Å². The molecule has 1 amide bonds. The molecule has 2 aliphatic heterocycles. The van der Waals surface area contributed by atoms with Crippen LogP contribution in [0.1, 0.15) is 37.8 Å². The van der Waals surface area contributed by atoms with Crippen molar-refractivity contribution in [2.75, 3.05) is 26.2 Å². The first-order valence-corrected chi connectivity index (χ1v) is 8.05. The van der Waals surface area contributed by atoms with E-state index >= 15 is 0 Å². The molecule has 0 saturated carbocycles. The smallest absolute Gasteiger partial charge is 0.223 e. The van der Waals surface area contributed by atoms with Gasteiger partial charge in [-0.2, -0.15) is 0 Å². The van der Waals surface area contributed by atoms with Gasteiger partial charge >= 0.3 is 0 Å². The fourth-order valence-electron chi connectivity index (χ4n) is 3.62. The van der Waals surface area contributed by atoms with E-state index in [0.717, 1.165) is 32.6 Å². The van der Waals surface area contributed by atoms with Crippen LogP contribution in [0.15, 0.2) is 24.3 Å². The lowest BCUT2D eigenvalue weighted by Gasteiger charge is -2.36. The number of benzene rings is 1. The topological polar surface area (TPSA) is 23.6 Å². The number of fused-ring (bicyclic) bond motifs is 2. The summed E-state index contributed by atoms with van der Waals surface area (Å²) in [5.41, 5.74) is 2.43. The minimum absolute atomic E-state index is 0.0967. The largest absolute Gasteiger partial charge is 0.337 e. The summed E-state index contributed by atoms with van der Waals surface area (Å²) in [6.45, 7) is 10.7. The predicted octanol–water partition coefficient (Wildman–Crippen LogP) is 2.58. The van der Waals surface area contributed by atoms with Gasteiger partial charge in [0.1, 0.15) is 0 Å². The molecule has 2 fully saturated rings. The number of hydrogen-bond acceptors (Lipinski definition) is 2. The van der Waals surface area contributed by atoms with E-state index in [-0.39, 0.29) is 5.41 Å². The van der Waals surface area contributed by atoms with Crippen molar-refractivity contribution in [2.45, 2.75) is 45.1 Å². The molecule has 21 heavy (non-hydrogen) atoms. The van der Waals surface area contributed by atoms with Crippen molar-refractivity contribution in [1.29, 1.82) is 0 Å². The molecule has 0 spiro atoms. The standard InChI is InChI=1S/C18H26N2O/c1-14-4-6-15(7-5-14)18(2,3)12-17(21)20-11-10-19-9-8-16(20)13-19/h4-7,16H,8-13H2,1-3H3. The number of nitrogens with zero attached hydrogens (tertiary/aromatic N) is 2. The summed E-state index contributed by atoms with van der Waals surface area (Å²) < 4.78 is 0. The van der Waals surface area contributed by atoms with Gasteiger partial charge in [-0.3, -0.25) is 9.69 Å². The number of carbonyl (C=O) groups excluding carboxylic acids is 1. The highest BCUT2D eigenvalue weighted by Gasteiger charge is 2.36. The Bertz CT molecular complexity index is 521. The molecule has 0 aliphatic carbocycles. The Hall–Kier alpha value is -1.35. The van der Waals surface area contributed by atoms with Gasteiger partial charge in [0.25, 0.3) is 0 Å². The molecule has 114 valence electrons. The van der Waals surface area contributed by atoms with E-state index in [0.29, 0.717) is 18.4 Å². The third kappa shape index (κ3) is 2.98. The molecule has 1 aromatic carbocycles. The van der Waals surface area contributed by atoms with Crippen LogP contribution < -0.4 is 0 Å². The molecule has 0 aromatic heterocycles. The molecule has 3 heteroatoms. The molecule has 0 N–H and O–H groups in total. The Morgan fingerprint density at radius 1 is 1.19 bits per heavy atom. The molecular weight excluding hydrogens is 260 g/mol. The van der Waals surface area contributed by atoms with Crippen LogP contribution in [0.2, 0.25) is 0 Å². The van der Waals surface area contributed by atoms with Gasteiger partial charge in [-0.15, -0.1) is 0 Å². The molecule has 3 rings (SSSR count). The third-order valence-corrected chi connectivity index (χ3v) is 5.09.